The van der Waals surface area contributed by atoms with E-state index >= 15 is 0 Å². The van der Waals surface area contributed by atoms with Gasteiger partial charge in [-0.25, -0.2) is 9.97 Å². The Bertz CT molecular complexity index is 803. The molecule has 25 heavy (non-hydrogen) atoms. The highest BCUT2D eigenvalue weighted by Crippen LogP contribution is 2.22. The third-order valence-electron chi connectivity index (χ3n) is 3.85. The van der Waals surface area contributed by atoms with Crippen LogP contribution in [0.1, 0.15) is 17.3 Å². The molecule has 0 amide bonds. The first-order valence-corrected chi connectivity index (χ1v) is 8.34. The zero-order valence-corrected chi connectivity index (χ0v) is 14.8. The van der Waals surface area contributed by atoms with E-state index in [-0.39, 0.29) is 6.04 Å². The Balaban J connectivity index is 1.91. The standard InChI is InChI=1S/C20H23N5/c1-15-12-19(24-20(22-15)17-10-7-11-21-13-17)23-18(14-25(2)3)16-8-5-4-6-9-16/h4-13,18H,14H2,1-3H3,(H,22,23,24). The molecule has 5 heteroatoms. The first kappa shape index (κ1) is 17.0. The maximum Gasteiger partial charge on any atom is 0.163 e. The van der Waals surface area contributed by atoms with Gasteiger partial charge in [-0.05, 0) is 38.7 Å². The Morgan fingerprint density at radius 3 is 2.52 bits per heavy atom. The number of aryl methyl sites for hydroxylation is 1. The molecule has 0 saturated carbocycles. The molecule has 2 aromatic heterocycles. The Hall–Kier alpha value is -2.79. The number of nitrogens with one attached hydrogen (secondary N) is 1. The van der Waals surface area contributed by atoms with Crippen molar-refractivity contribution in [3.05, 3.63) is 72.2 Å². The van der Waals surface area contributed by atoms with Crippen molar-refractivity contribution in [3.8, 4) is 11.4 Å². The van der Waals surface area contributed by atoms with E-state index in [0.29, 0.717) is 5.82 Å². The van der Waals surface area contributed by atoms with E-state index in [1.807, 2.05) is 31.2 Å². The second kappa shape index (κ2) is 7.85. The molecule has 1 atom stereocenters. The predicted molar refractivity (Wildman–Crippen MR) is 101 cm³/mol. The minimum Gasteiger partial charge on any atom is -0.362 e. The third-order valence-corrected chi connectivity index (χ3v) is 3.85. The summed E-state index contributed by atoms with van der Waals surface area (Å²) in [6.45, 7) is 2.85. The van der Waals surface area contributed by atoms with Gasteiger partial charge in [0.2, 0.25) is 0 Å². The van der Waals surface area contributed by atoms with Crippen LogP contribution in [0.2, 0.25) is 0 Å². The van der Waals surface area contributed by atoms with E-state index in [0.717, 1.165) is 23.6 Å². The van der Waals surface area contributed by atoms with Crippen molar-refractivity contribution in [1.82, 2.24) is 19.9 Å². The molecule has 0 radical (unpaired) electrons. The normalized spacial score (nSPS) is 12.2. The van der Waals surface area contributed by atoms with Crippen molar-refractivity contribution in [2.75, 3.05) is 26.0 Å². The molecular formula is C20H23N5. The van der Waals surface area contributed by atoms with Crippen molar-refractivity contribution in [2.45, 2.75) is 13.0 Å². The van der Waals surface area contributed by atoms with Gasteiger partial charge in [0.1, 0.15) is 5.82 Å². The Kier molecular flexibility index (Phi) is 5.36. The summed E-state index contributed by atoms with van der Waals surface area (Å²) in [5.74, 6) is 1.51. The molecule has 5 nitrogen and oxygen atoms in total. The van der Waals surface area contributed by atoms with Crippen molar-refractivity contribution in [1.29, 1.82) is 0 Å². The van der Waals surface area contributed by atoms with E-state index in [4.69, 9.17) is 4.98 Å². The molecule has 1 N–H and O–H groups in total. The molecule has 0 aliphatic heterocycles. The molecule has 2 heterocycles. The zero-order valence-electron chi connectivity index (χ0n) is 14.8. The first-order valence-electron chi connectivity index (χ1n) is 8.34. The molecule has 128 valence electrons. The second-order valence-corrected chi connectivity index (χ2v) is 6.33. The van der Waals surface area contributed by atoms with Crippen molar-refractivity contribution in [2.24, 2.45) is 0 Å². The molecule has 0 aliphatic rings. The van der Waals surface area contributed by atoms with Crippen LogP contribution in [0.15, 0.2) is 60.9 Å². The van der Waals surface area contributed by atoms with Gasteiger partial charge in [-0.15, -0.1) is 0 Å². The van der Waals surface area contributed by atoms with Gasteiger partial charge in [-0.1, -0.05) is 30.3 Å². The number of aromatic nitrogens is 3. The van der Waals surface area contributed by atoms with Gasteiger partial charge in [0.15, 0.2) is 5.82 Å². The Labute approximate surface area is 148 Å². The minimum atomic E-state index is 0.146. The summed E-state index contributed by atoms with van der Waals surface area (Å²) in [7, 11) is 4.15. The molecule has 0 bridgehead atoms. The van der Waals surface area contributed by atoms with E-state index in [1.54, 1.807) is 12.4 Å². The number of benzene rings is 1. The van der Waals surface area contributed by atoms with Gasteiger partial charge in [-0.2, -0.15) is 0 Å². The fourth-order valence-corrected chi connectivity index (χ4v) is 2.73. The number of nitrogens with zero attached hydrogens (tertiary/aromatic N) is 4. The summed E-state index contributed by atoms with van der Waals surface area (Å²) in [6.07, 6.45) is 3.54. The van der Waals surface area contributed by atoms with Crippen LogP contribution in [0, 0.1) is 6.92 Å². The Morgan fingerprint density at radius 2 is 1.84 bits per heavy atom. The zero-order chi connectivity index (χ0) is 17.6. The summed E-state index contributed by atoms with van der Waals surface area (Å²) >= 11 is 0. The van der Waals surface area contributed by atoms with Crippen molar-refractivity contribution in [3.63, 3.8) is 0 Å². The van der Waals surface area contributed by atoms with Crippen LogP contribution in [0.4, 0.5) is 5.82 Å². The number of anilines is 1. The molecular weight excluding hydrogens is 310 g/mol. The number of pyridine rings is 1. The Morgan fingerprint density at radius 1 is 1.04 bits per heavy atom. The lowest BCUT2D eigenvalue weighted by Gasteiger charge is -2.23. The van der Waals surface area contributed by atoms with E-state index in [9.17, 15) is 0 Å². The first-order chi connectivity index (χ1) is 12.1. The van der Waals surface area contributed by atoms with Crippen LogP contribution < -0.4 is 5.32 Å². The highest BCUT2D eigenvalue weighted by atomic mass is 15.1. The molecule has 3 aromatic rings. The maximum absolute atomic E-state index is 4.70. The average molecular weight is 333 g/mol. The van der Waals surface area contributed by atoms with Crippen LogP contribution in [-0.4, -0.2) is 40.5 Å². The van der Waals surface area contributed by atoms with Gasteiger partial charge in [0.25, 0.3) is 0 Å². The highest BCUT2D eigenvalue weighted by Gasteiger charge is 2.14. The summed E-state index contributed by atoms with van der Waals surface area (Å²) in [5.41, 5.74) is 3.07. The van der Waals surface area contributed by atoms with E-state index in [1.165, 1.54) is 5.56 Å². The summed E-state index contributed by atoms with van der Waals surface area (Å²) in [4.78, 5) is 15.6. The third kappa shape index (κ3) is 4.61. The average Bonchev–Trinajstić information content (AvgIpc) is 2.62. The summed E-state index contributed by atoms with van der Waals surface area (Å²) < 4.78 is 0. The number of likely N-dealkylation sites (N-methyl/N-ethyl adjacent to an activating group) is 1. The molecule has 3 rings (SSSR count). The molecule has 1 aromatic carbocycles. The largest absolute Gasteiger partial charge is 0.362 e. The highest BCUT2D eigenvalue weighted by molar-refractivity contribution is 5.56. The lowest BCUT2D eigenvalue weighted by molar-refractivity contribution is 0.386. The molecule has 0 saturated heterocycles. The lowest BCUT2D eigenvalue weighted by atomic mass is 10.1. The van der Waals surface area contributed by atoms with Crippen molar-refractivity contribution < 1.29 is 0 Å². The van der Waals surface area contributed by atoms with Crippen LogP contribution in [-0.2, 0) is 0 Å². The fraction of sp³-hybridized carbons (Fsp3) is 0.250. The maximum atomic E-state index is 4.70. The van der Waals surface area contributed by atoms with Gasteiger partial charge in [-0.3, -0.25) is 4.98 Å². The van der Waals surface area contributed by atoms with Gasteiger partial charge in [0, 0.05) is 36.3 Å². The van der Waals surface area contributed by atoms with E-state index < -0.39 is 0 Å². The lowest BCUT2D eigenvalue weighted by Crippen LogP contribution is -2.26. The smallest absolute Gasteiger partial charge is 0.163 e. The monoisotopic (exact) mass is 333 g/mol. The van der Waals surface area contributed by atoms with Crippen LogP contribution in [0.3, 0.4) is 0 Å². The predicted octanol–water partition coefficient (Wildman–Crippen LogP) is 3.56. The number of rotatable bonds is 6. The van der Waals surface area contributed by atoms with Gasteiger partial charge in [0.05, 0.1) is 6.04 Å². The van der Waals surface area contributed by atoms with Crippen LogP contribution in [0.25, 0.3) is 11.4 Å². The quantitative estimate of drug-likeness (QED) is 0.747. The second-order valence-electron chi connectivity index (χ2n) is 6.33. The summed E-state index contributed by atoms with van der Waals surface area (Å²) in [6, 6.07) is 16.4. The van der Waals surface area contributed by atoms with E-state index in [2.05, 4.69) is 58.5 Å². The fourth-order valence-electron chi connectivity index (χ4n) is 2.73. The molecule has 0 spiro atoms. The summed E-state index contributed by atoms with van der Waals surface area (Å²) in [5, 5.41) is 3.56. The van der Waals surface area contributed by atoms with Gasteiger partial charge < -0.3 is 10.2 Å². The minimum absolute atomic E-state index is 0.146. The van der Waals surface area contributed by atoms with Gasteiger partial charge >= 0.3 is 0 Å². The topological polar surface area (TPSA) is 53.9 Å². The molecule has 0 aliphatic carbocycles. The van der Waals surface area contributed by atoms with Crippen LogP contribution in [0.5, 0.6) is 0 Å². The van der Waals surface area contributed by atoms with Crippen LogP contribution >= 0.6 is 0 Å². The molecule has 0 fully saturated rings. The number of hydrogen-bond acceptors (Lipinski definition) is 5. The van der Waals surface area contributed by atoms with Crippen molar-refractivity contribution >= 4 is 5.82 Å². The number of hydrogen-bond donors (Lipinski definition) is 1. The SMILES string of the molecule is Cc1cc(NC(CN(C)C)c2ccccc2)nc(-c2cccnc2)n1. The molecule has 1 unspecified atom stereocenters.